The number of thioether (sulfide) groups is 1. The number of carbonyl (C=O) groups is 2. The van der Waals surface area contributed by atoms with Gasteiger partial charge in [-0.2, -0.15) is 11.8 Å². The van der Waals surface area contributed by atoms with E-state index in [0.717, 1.165) is 17.9 Å². The minimum atomic E-state index is -0.802. The van der Waals surface area contributed by atoms with E-state index < -0.39 is 11.9 Å². The second-order valence-corrected chi connectivity index (χ2v) is 6.46. The molecule has 2 amide bonds. The summed E-state index contributed by atoms with van der Waals surface area (Å²) in [6.07, 6.45) is 1.61. The fraction of sp³-hybridized carbons (Fsp3) is 0.846. The van der Waals surface area contributed by atoms with E-state index in [4.69, 9.17) is 5.11 Å². The van der Waals surface area contributed by atoms with Gasteiger partial charge in [-0.05, 0) is 30.3 Å². The van der Waals surface area contributed by atoms with Gasteiger partial charge in [0.25, 0.3) is 0 Å². The first kappa shape index (κ1) is 16.1. The van der Waals surface area contributed by atoms with Crippen molar-refractivity contribution in [1.29, 1.82) is 0 Å². The normalized spacial score (nSPS) is 23.2. The van der Waals surface area contributed by atoms with Gasteiger partial charge < -0.3 is 15.3 Å². The van der Waals surface area contributed by atoms with E-state index >= 15 is 0 Å². The number of nitrogens with one attached hydrogen (secondary N) is 1. The summed E-state index contributed by atoms with van der Waals surface area (Å²) >= 11 is 1.86. The van der Waals surface area contributed by atoms with E-state index in [0.29, 0.717) is 26.1 Å². The van der Waals surface area contributed by atoms with Gasteiger partial charge in [-0.15, -0.1) is 0 Å². The molecule has 0 aromatic rings. The topological polar surface area (TPSA) is 69.6 Å². The molecule has 0 bridgehead atoms. The summed E-state index contributed by atoms with van der Waals surface area (Å²) in [7, 11) is 0. The maximum absolute atomic E-state index is 12.0. The minimum absolute atomic E-state index is 0.126. The van der Waals surface area contributed by atoms with Gasteiger partial charge in [0.15, 0.2) is 0 Å². The Morgan fingerprint density at radius 1 is 1.42 bits per heavy atom. The number of hydrogen-bond acceptors (Lipinski definition) is 3. The van der Waals surface area contributed by atoms with E-state index in [1.54, 1.807) is 4.90 Å². The zero-order valence-corrected chi connectivity index (χ0v) is 12.5. The summed E-state index contributed by atoms with van der Waals surface area (Å²) in [6, 6.07) is -0.126. The molecule has 0 radical (unpaired) electrons. The average Bonchev–Trinajstić information content (AvgIpc) is 2.37. The number of piperidine rings is 1. The number of hydrogen-bond donors (Lipinski definition) is 2. The second-order valence-electron chi connectivity index (χ2n) is 5.06. The first-order valence-electron chi connectivity index (χ1n) is 6.87. The van der Waals surface area contributed by atoms with Gasteiger partial charge >= 0.3 is 12.0 Å². The number of nitrogens with zero attached hydrogens (tertiary/aromatic N) is 1. The molecule has 1 aliphatic rings. The molecule has 6 heteroatoms. The van der Waals surface area contributed by atoms with Gasteiger partial charge in [0, 0.05) is 19.6 Å². The van der Waals surface area contributed by atoms with E-state index in [9.17, 15) is 9.59 Å². The summed E-state index contributed by atoms with van der Waals surface area (Å²) < 4.78 is 0. The van der Waals surface area contributed by atoms with Crippen molar-refractivity contribution in [3.05, 3.63) is 0 Å². The molecule has 0 aliphatic carbocycles. The van der Waals surface area contributed by atoms with Crippen molar-refractivity contribution in [2.24, 2.45) is 11.8 Å². The molecule has 0 saturated carbocycles. The number of carboxylic acids is 1. The zero-order valence-electron chi connectivity index (χ0n) is 11.7. The SMILES string of the molecule is CCSCCCNC(=O)N1CC(C)CC(C(=O)O)C1. The maximum atomic E-state index is 12.0. The van der Waals surface area contributed by atoms with Gasteiger partial charge in [0.2, 0.25) is 0 Å². The number of amides is 2. The second kappa shape index (κ2) is 8.30. The van der Waals surface area contributed by atoms with Crippen molar-refractivity contribution in [2.75, 3.05) is 31.1 Å². The molecule has 1 saturated heterocycles. The van der Waals surface area contributed by atoms with Crippen molar-refractivity contribution >= 4 is 23.8 Å². The molecule has 1 fully saturated rings. The number of urea groups is 1. The summed E-state index contributed by atoms with van der Waals surface area (Å²) in [5.74, 6) is 1.16. The Morgan fingerprint density at radius 3 is 2.79 bits per heavy atom. The van der Waals surface area contributed by atoms with Crippen LogP contribution < -0.4 is 5.32 Å². The highest BCUT2D eigenvalue weighted by Crippen LogP contribution is 2.21. The Balaban J connectivity index is 2.32. The molecule has 1 rings (SSSR count). The molecule has 110 valence electrons. The van der Waals surface area contributed by atoms with Crippen molar-refractivity contribution in [3.8, 4) is 0 Å². The molecule has 5 nitrogen and oxygen atoms in total. The van der Waals surface area contributed by atoms with Crippen LogP contribution in [0.5, 0.6) is 0 Å². The lowest BCUT2D eigenvalue weighted by Gasteiger charge is -2.34. The Hall–Kier alpha value is -0.910. The van der Waals surface area contributed by atoms with Crippen LogP contribution in [0, 0.1) is 11.8 Å². The van der Waals surface area contributed by atoms with Crippen molar-refractivity contribution < 1.29 is 14.7 Å². The lowest BCUT2D eigenvalue weighted by atomic mass is 9.91. The van der Waals surface area contributed by atoms with E-state index in [2.05, 4.69) is 12.2 Å². The summed E-state index contributed by atoms with van der Waals surface area (Å²) in [4.78, 5) is 24.6. The number of likely N-dealkylation sites (tertiary alicyclic amines) is 1. The van der Waals surface area contributed by atoms with Crippen LogP contribution in [0.3, 0.4) is 0 Å². The number of carboxylic acid groups (broad SMARTS) is 1. The molecular formula is C13H24N2O3S. The lowest BCUT2D eigenvalue weighted by Crippen LogP contribution is -2.49. The lowest BCUT2D eigenvalue weighted by molar-refractivity contribution is -0.143. The highest BCUT2D eigenvalue weighted by atomic mass is 32.2. The van der Waals surface area contributed by atoms with Gasteiger partial charge in [0.05, 0.1) is 5.92 Å². The highest BCUT2D eigenvalue weighted by Gasteiger charge is 2.31. The van der Waals surface area contributed by atoms with Crippen LogP contribution in [0.1, 0.15) is 26.7 Å². The molecule has 2 unspecified atom stereocenters. The van der Waals surface area contributed by atoms with E-state index in [1.807, 2.05) is 18.7 Å². The van der Waals surface area contributed by atoms with Gasteiger partial charge in [-0.3, -0.25) is 4.79 Å². The standard InChI is InChI=1S/C13H24N2O3S/c1-3-19-6-4-5-14-13(18)15-8-10(2)7-11(9-15)12(16)17/h10-11H,3-9H2,1-2H3,(H,14,18)(H,16,17). The average molecular weight is 288 g/mol. The van der Waals surface area contributed by atoms with Crippen molar-refractivity contribution in [1.82, 2.24) is 10.2 Å². The van der Waals surface area contributed by atoms with E-state index in [1.165, 1.54) is 0 Å². The maximum Gasteiger partial charge on any atom is 0.317 e. The van der Waals surface area contributed by atoms with Gasteiger partial charge in [-0.25, -0.2) is 4.79 Å². The van der Waals surface area contributed by atoms with Crippen LogP contribution in [0.15, 0.2) is 0 Å². The minimum Gasteiger partial charge on any atom is -0.481 e. The third-order valence-electron chi connectivity index (χ3n) is 3.24. The molecular weight excluding hydrogens is 264 g/mol. The van der Waals surface area contributed by atoms with Crippen LogP contribution in [0.2, 0.25) is 0 Å². The van der Waals surface area contributed by atoms with Crippen molar-refractivity contribution in [2.45, 2.75) is 26.7 Å². The fourth-order valence-corrected chi connectivity index (χ4v) is 2.96. The molecule has 2 atom stereocenters. The first-order chi connectivity index (χ1) is 9.04. The predicted molar refractivity (Wildman–Crippen MR) is 77.5 cm³/mol. The van der Waals surface area contributed by atoms with Gasteiger partial charge in [-0.1, -0.05) is 13.8 Å². The largest absolute Gasteiger partial charge is 0.481 e. The number of rotatable bonds is 6. The third-order valence-corrected chi connectivity index (χ3v) is 4.23. The zero-order chi connectivity index (χ0) is 14.3. The van der Waals surface area contributed by atoms with Crippen LogP contribution in [0.4, 0.5) is 4.79 Å². The Kier molecular flexibility index (Phi) is 7.05. The molecule has 0 aromatic carbocycles. The van der Waals surface area contributed by atoms with Gasteiger partial charge in [0.1, 0.15) is 0 Å². The van der Waals surface area contributed by atoms with Crippen LogP contribution in [-0.2, 0) is 4.79 Å². The van der Waals surface area contributed by atoms with Crippen LogP contribution in [-0.4, -0.2) is 53.1 Å². The molecule has 2 N–H and O–H groups in total. The molecule has 1 aliphatic heterocycles. The fourth-order valence-electron chi connectivity index (χ4n) is 2.32. The van der Waals surface area contributed by atoms with Crippen LogP contribution in [0.25, 0.3) is 0 Å². The summed E-state index contributed by atoms with van der Waals surface area (Å²) in [5.41, 5.74) is 0. The Labute approximate surface area is 119 Å². The summed E-state index contributed by atoms with van der Waals surface area (Å²) in [6.45, 7) is 5.75. The number of carbonyl (C=O) groups excluding carboxylic acids is 1. The van der Waals surface area contributed by atoms with Crippen molar-refractivity contribution in [3.63, 3.8) is 0 Å². The monoisotopic (exact) mass is 288 g/mol. The van der Waals surface area contributed by atoms with Crippen LogP contribution >= 0.6 is 11.8 Å². The number of aliphatic carboxylic acids is 1. The molecule has 0 spiro atoms. The quantitative estimate of drug-likeness (QED) is 0.732. The first-order valence-corrected chi connectivity index (χ1v) is 8.03. The highest BCUT2D eigenvalue weighted by molar-refractivity contribution is 7.99. The smallest absolute Gasteiger partial charge is 0.317 e. The molecule has 19 heavy (non-hydrogen) atoms. The Morgan fingerprint density at radius 2 is 2.16 bits per heavy atom. The molecule has 1 heterocycles. The third kappa shape index (κ3) is 5.72. The molecule has 0 aromatic heterocycles. The van der Waals surface area contributed by atoms with E-state index in [-0.39, 0.29) is 11.9 Å². The summed E-state index contributed by atoms with van der Waals surface area (Å²) in [5, 5.41) is 11.9. The Bertz CT molecular complexity index is 312. The predicted octanol–water partition coefficient (Wildman–Crippen LogP) is 1.88.